The van der Waals surface area contributed by atoms with E-state index in [-0.39, 0.29) is 33.7 Å². The molecule has 0 bridgehead atoms. The Balaban J connectivity index is 1.62. The SMILES string of the molecule is CN1C(C)(C)CC(c2ccc(O)c(Sc3cc(C4CC(C)(C)N(C)C(C)(C)C4)ccc3O)c2)CC1(C)C. The maximum absolute atomic E-state index is 10.8. The number of nitrogens with zero attached hydrogens (tertiary/aromatic N) is 2. The first kappa shape index (κ1) is 28.3. The van der Waals surface area contributed by atoms with Crippen molar-refractivity contribution in [2.75, 3.05) is 14.1 Å². The standard InChI is InChI=1S/C32H48N2O2S/c1-29(2)17-23(18-30(3,4)33(29)9)21-11-13-25(35)27(15-21)37-28-16-22(12-14-26(28)36)24-19-31(5,6)34(10)32(7,8)20-24/h11-16,23-24,35-36H,17-20H2,1-10H3. The van der Waals surface area contributed by atoms with Gasteiger partial charge in [-0.2, -0.15) is 0 Å². The number of likely N-dealkylation sites (tertiary alicyclic amines) is 2. The molecule has 2 aromatic carbocycles. The summed E-state index contributed by atoms with van der Waals surface area (Å²) in [6.07, 6.45) is 4.29. The van der Waals surface area contributed by atoms with Crippen LogP contribution in [0.25, 0.3) is 0 Å². The van der Waals surface area contributed by atoms with Crippen LogP contribution in [-0.4, -0.2) is 56.3 Å². The highest BCUT2D eigenvalue weighted by atomic mass is 32.2. The molecule has 4 rings (SSSR count). The van der Waals surface area contributed by atoms with Crippen molar-refractivity contribution in [2.24, 2.45) is 0 Å². The zero-order valence-corrected chi connectivity index (χ0v) is 25.5. The molecular formula is C32H48N2O2S. The summed E-state index contributed by atoms with van der Waals surface area (Å²) in [5, 5.41) is 21.6. The van der Waals surface area contributed by atoms with E-state index in [2.05, 4.69) is 104 Å². The van der Waals surface area contributed by atoms with E-state index in [1.54, 1.807) is 0 Å². The average molecular weight is 525 g/mol. The van der Waals surface area contributed by atoms with Gasteiger partial charge in [-0.1, -0.05) is 23.9 Å². The van der Waals surface area contributed by atoms with Crippen molar-refractivity contribution in [2.45, 2.75) is 125 Å². The number of rotatable bonds is 4. The summed E-state index contributed by atoms with van der Waals surface area (Å²) >= 11 is 1.48. The van der Waals surface area contributed by atoms with E-state index in [0.717, 1.165) is 35.5 Å². The molecule has 37 heavy (non-hydrogen) atoms. The normalized spacial score (nSPS) is 24.3. The van der Waals surface area contributed by atoms with E-state index >= 15 is 0 Å². The molecule has 0 aliphatic carbocycles. The van der Waals surface area contributed by atoms with E-state index in [0.29, 0.717) is 11.8 Å². The van der Waals surface area contributed by atoms with Crippen molar-refractivity contribution < 1.29 is 10.2 Å². The van der Waals surface area contributed by atoms with Gasteiger partial charge in [-0.05, 0) is 142 Å². The molecule has 0 aromatic heterocycles. The largest absolute Gasteiger partial charge is 0.507 e. The zero-order chi connectivity index (χ0) is 27.6. The van der Waals surface area contributed by atoms with Gasteiger partial charge in [0.1, 0.15) is 11.5 Å². The number of phenols is 2. The van der Waals surface area contributed by atoms with Crippen molar-refractivity contribution in [1.82, 2.24) is 9.80 Å². The summed E-state index contributed by atoms with van der Waals surface area (Å²) < 4.78 is 0. The first-order valence-corrected chi connectivity index (χ1v) is 14.6. The molecule has 0 saturated carbocycles. The van der Waals surface area contributed by atoms with Crippen LogP contribution in [0.3, 0.4) is 0 Å². The third kappa shape index (κ3) is 5.55. The zero-order valence-electron chi connectivity index (χ0n) is 24.6. The minimum atomic E-state index is 0.0971. The molecule has 2 saturated heterocycles. The first-order valence-electron chi connectivity index (χ1n) is 13.7. The Kier molecular flexibility index (Phi) is 7.27. The van der Waals surface area contributed by atoms with Crippen LogP contribution >= 0.6 is 11.8 Å². The van der Waals surface area contributed by atoms with Gasteiger partial charge in [0.25, 0.3) is 0 Å². The molecule has 0 spiro atoms. The Morgan fingerprint density at radius 3 is 1.19 bits per heavy atom. The molecule has 5 heteroatoms. The van der Waals surface area contributed by atoms with Crippen LogP contribution in [0.1, 0.15) is 104 Å². The minimum Gasteiger partial charge on any atom is -0.507 e. The number of hydrogen-bond donors (Lipinski definition) is 2. The second kappa shape index (κ2) is 9.50. The number of piperidine rings is 2. The summed E-state index contributed by atoms with van der Waals surface area (Å²) in [6, 6.07) is 12.1. The van der Waals surface area contributed by atoms with Crippen molar-refractivity contribution >= 4 is 11.8 Å². The molecule has 4 nitrogen and oxygen atoms in total. The summed E-state index contributed by atoms with van der Waals surface area (Å²) in [7, 11) is 4.47. The lowest BCUT2D eigenvalue weighted by Crippen LogP contribution is -2.58. The number of aromatic hydroxyl groups is 2. The van der Waals surface area contributed by atoms with Gasteiger partial charge in [-0.25, -0.2) is 0 Å². The van der Waals surface area contributed by atoms with E-state index in [1.807, 2.05) is 12.1 Å². The molecule has 2 aromatic rings. The molecule has 2 fully saturated rings. The highest BCUT2D eigenvalue weighted by Gasteiger charge is 2.44. The van der Waals surface area contributed by atoms with Gasteiger partial charge in [-0.3, -0.25) is 9.80 Å². The first-order chi connectivity index (χ1) is 16.9. The maximum atomic E-state index is 10.8. The fourth-order valence-corrected chi connectivity index (χ4v) is 8.04. The maximum Gasteiger partial charge on any atom is 0.129 e. The van der Waals surface area contributed by atoms with Crippen LogP contribution < -0.4 is 0 Å². The van der Waals surface area contributed by atoms with Crippen molar-refractivity contribution in [3.05, 3.63) is 47.5 Å². The second-order valence-electron chi connectivity index (χ2n) is 14.1. The predicted octanol–water partition coefficient (Wildman–Crippen LogP) is 7.98. The van der Waals surface area contributed by atoms with Crippen LogP contribution in [0.15, 0.2) is 46.2 Å². The van der Waals surface area contributed by atoms with Crippen LogP contribution in [0.2, 0.25) is 0 Å². The van der Waals surface area contributed by atoms with E-state index in [9.17, 15) is 10.2 Å². The second-order valence-corrected chi connectivity index (χ2v) is 15.2. The van der Waals surface area contributed by atoms with E-state index in [4.69, 9.17) is 0 Å². The molecule has 0 unspecified atom stereocenters. The fourth-order valence-electron chi connectivity index (χ4n) is 7.07. The van der Waals surface area contributed by atoms with Crippen LogP contribution in [0.5, 0.6) is 11.5 Å². The molecule has 204 valence electrons. The summed E-state index contributed by atoms with van der Waals surface area (Å²) in [6.45, 7) is 18.6. The number of benzene rings is 2. The lowest BCUT2D eigenvalue weighted by molar-refractivity contribution is -0.0131. The lowest BCUT2D eigenvalue weighted by Gasteiger charge is -2.54. The number of phenolic OH excluding ortho intramolecular Hbond substituents is 2. The van der Waals surface area contributed by atoms with Crippen molar-refractivity contribution in [3.63, 3.8) is 0 Å². The highest BCUT2D eigenvalue weighted by Crippen LogP contribution is 2.49. The molecule has 2 N–H and O–H groups in total. The van der Waals surface area contributed by atoms with Crippen molar-refractivity contribution in [3.8, 4) is 11.5 Å². The Morgan fingerprint density at radius 1 is 0.595 bits per heavy atom. The molecule has 0 amide bonds. The lowest BCUT2D eigenvalue weighted by atomic mass is 9.71. The quantitative estimate of drug-likeness (QED) is 0.424. The van der Waals surface area contributed by atoms with Gasteiger partial charge >= 0.3 is 0 Å². The van der Waals surface area contributed by atoms with Crippen LogP contribution in [0, 0.1) is 0 Å². The van der Waals surface area contributed by atoms with E-state index < -0.39 is 0 Å². The van der Waals surface area contributed by atoms with Gasteiger partial charge in [-0.15, -0.1) is 0 Å². The summed E-state index contributed by atoms with van der Waals surface area (Å²) in [5.41, 5.74) is 2.92. The Morgan fingerprint density at radius 2 is 0.892 bits per heavy atom. The average Bonchev–Trinajstić information content (AvgIpc) is 2.77. The van der Waals surface area contributed by atoms with Gasteiger partial charge in [0.05, 0.1) is 9.79 Å². The smallest absolute Gasteiger partial charge is 0.129 e. The molecule has 0 atom stereocenters. The van der Waals surface area contributed by atoms with Gasteiger partial charge in [0, 0.05) is 22.2 Å². The third-order valence-corrected chi connectivity index (χ3v) is 10.8. The molecule has 0 radical (unpaired) electrons. The molecular weight excluding hydrogens is 476 g/mol. The Labute approximate surface area is 229 Å². The highest BCUT2D eigenvalue weighted by molar-refractivity contribution is 7.99. The third-order valence-electron chi connectivity index (χ3n) is 9.75. The van der Waals surface area contributed by atoms with Gasteiger partial charge < -0.3 is 10.2 Å². The minimum absolute atomic E-state index is 0.0971. The predicted molar refractivity (Wildman–Crippen MR) is 156 cm³/mol. The van der Waals surface area contributed by atoms with Crippen LogP contribution in [-0.2, 0) is 0 Å². The Bertz CT molecular complexity index is 1030. The molecule has 2 aliphatic rings. The number of hydrogen-bond acceptors (Lipinski definition) is 5. The van der Waals surface area contributed by atoms with Gasteiger partial charge in [0.15, 0.2) is 0 Å². The van der Waals surface area contributed by atoms with Crippen molar-refractivity contribution in [1.29, 1.82) is 0 Å². The molecule has 2 aliphatic heterocycles. The summed E-state index contributed by atoms with van der Waals surface area (Å²) in [4.78, 5) is 6.62. The van der Waals surface area contributed by atoms with E-state index in [1.165, 1.54) is 22.9 Å². The molecule has 2 heterocycles. The fraction of sp³-hybridized carbons (Fsp3) is 0.625. The topological polar surface area (TPSA) is 46.9 Å². The summed E-state index contributed by atoms with van der Waals surface area (Å²) in [5.74, 6) is 1.38. The Hall–Kier alpha value is -1.69. The monoisotopic (exact) mass is 524 g/mol. The van der Waals surface area contributed by atoms with Gasteiger partial charge in [0.2, 0.25) is 0 Å². The van der Waals surface area contributed by atoms with Crippen LogP contribution in [0.4, 0.5) is 0 Å².